The molecule has 2 aliphatic rings. The monoisotopic (exact) mass is 525 g/mol. The molecule has 2 saturated heterocycles. The molecule has 7 nitrogen and oxygen atoms in total. The lowest BCUT2D eigenvalue weighted by atomic mass is 10.1. The number of rotatable bonds is 6. The first kappa shape index (κ1) is 25.5. The van der Waals surface area contributed by atoms with Gasteiger partial charge in [-0.2, -0.15) is 4.31 Å². The van der Waals surface area contributed by atoms with Gasteiger partial charge in [0, 0.05) is 36.6 Å². The molecule has 0 spiro atoms. The van der Waals surface area contributed by atoms with Crippen LogP contribution in [0.4, 0.5) is 8.78 Å². The molecule has 0 bridgehead atoms. The minimum Gasteiger partial charge on any atom is -0.355 e. The Labute approximate surface area is 208 Å². The highest BCUT2D eigenvalue weighted by molar-refractivity contribution is 7.89. The molecule has 2 heterocycles. The number of carbonyl (C=O) groups excluding carboxylic acids is 2. The van der Waals surface area contributed by atoms with E-state index in [0.29, 0.717) is 30.0 Å². The summed E-state index contributed by atoms with van der Waals surface area (Å²) in [5.74, 6) is -3.83. The van der Waals surface area contributed by atoms with Crippen LogP contribution in [0.3, 0.4) is 0 Å². The van der Waals surface area contributed by atoms with E-state index < -0.39 is 34.4 Å². The summed E-state index contributed by atoms with van der Waals surface area (Å²) in [6.45, 7) is -0.389. The molecule has 188 valence electrons. The highest BCUT2D eigenvalue weighted by Crippen LogP contribution is 2.29. The molecule has 11 heteroatoms. The number of amides is 2. The standard InChI is InChI=1S/C24H26ClF2N3O4S/c25-19-7-9-20(10-8-19)35(33,34)30(21-6-1-2-12-28-22(21)31)15-17-4-3-5-18(14-17)23(32)29-13-11-24(26,27)16-29/h3-5,7-10,14,21H,1-2,6,11-13,15-16H2,(H,28,31). The smallest absolute Gasteiger partial charge is 0.267 e. The average Bonchev–Trinajstić information content (AvgIpc) is 3.05. The van der Waals surface area contributed by atoms with Gasteiger partial charge in [0.25, 0.3) is 11.8 Å². The first-order valence-corrected chi connectivity index (χ1v) is 13.2. The predicted octanol–water partition coefficient (Wildman–Crippen LogP) is 3.68. The number of nitrogens with one attached hydrogen (secondary N) is 1. The van der Waals surface area contributed by atoms with E-state index in [1.807, 2.05) is 0 Å². The van der Waals surface area contributed by atoms with Gasteiger partial charge < -0.3 is 10.2 Å². The van der Waals surface area contributed by atoms with Crippen molar-refractivity contribution in [3.63, 3.8) is 0 Å². The molecule has 0 aliphatic carbocycles. The summed E-state index contributed by atoms with van der Waals surface area (Å²) in [7, 11) is -4.11. The molecular weight excluding hydrogens is 500 g/mol. The van der Waals surface area contributed by atoms with Crippen LogP contribution in [-0.2, 0) is 21.4 Å². The van der Waals surface area contributed by atoms with E-state index in [2.05, 4.69) is 5.32 Å². The number of hydrogen-bond donors (Lipinski definition) is 1. The van der Waals surface area contributed by atoms with Gasteiger partial charge in [-0.15, -0.1) is 0 Å². The number of nitrogens with zero attached hydrogens (tertiary/aromatic N) is 2. The first-order chi connectivity index (χ1) is 16.6. The van der Waals surface area contributed by atoms with Gasteiger partial charge in [0.05, 0.1) is 11.4 Å². The van der Waals surface area contributed by atoms with Crippen molar-refractivity contribution in [1.29, 1.82) is 0 Å². The van der Waals surface area contributed by atoms with E-state index >= 15 is 0 Å². The summed E-state index contributed by atoms with van der Waals surface area (Å²) in [5.41, 5.74) is 0.658. The average molecular weight is 526 g/mol. The fourth-order valence-corrected chi connectivity index (χ4v) is 6.11. The van der Waals surface area contributed by atoms with Crippen LogP contribution in [0.5, 0.6) is 0 Å². The van der Waals surface area contributed by atoms with E-state index in [9.17, 15) is 26.8 Å². The zero-order valence-electron chi connectivity index (χ0n) is 18.9. The van der Waals surface area contributed by atoms with Crippen LogP contribution in [0, 0.1) is 0 Å². The number of hydrogen-bond acceptors (Lipinski definition) is 4. The Morgan fingerprint density at radius 1 is 1.17 bits per heavy atom. The van der Waals surface area contributed by atoms with Crippen molar-refractivity contribution in [2.45, 2.75) is 49.1 Å². The Kier molecular flexibility index (Phi) is 7.44. The number of alkyl halides is 2. The predicted molar refractivity (Wildman–Crippen MR) is 127 cm³/mol. The van der Waals surface area contributed by atoms with Gasteiger partial charge in [-0.05, 0) is 61.2 Å². The van der Waals surface area contributed by atoms with Crippen molar-refractivity contribution in [3.05, 3.63) is 64.7 Å². The Morgan fingerprint density at radius 2 is 1.91 bits per heavy atom. The maximum Gasteiger partial charge on any atom is 0.267 e. The lowest BCUT2D eigenvalue weighted by Gasteiger charge is -2.29. The first-order valence-electron chi connectivity index (χ1n) is 11.4. The fourth-order valence-electron chi connectivity index (χ4n) is 4.38. The number of halogens is 3. The SMILES string of the molecule is O=C1NCCCCC1N(Cc1cccc(C(=O)N2CCC(F)(F)C2)c1)S(=O)(=O)c1ccc(Cl)cc1. The van der Waals surface area contributed by atoms with Gasteiger partial charge in [0.1, 0.15) is 6.04 Å². The van der Waals surface area contributed by atoms with Crippen LogP contribution >= 0.6 is 11.6 Å². The zero-order chi connectivity index (χ0) is 25.2. The van der Waals surface area contributed by atoms with Gasteiger partial charge >= 0.3 is 0 Å². The second-order valence-corrected chi connectivity index (χ2v) is 11.2. The molecule has 0 saturated carbocycles. The summed E-state index contributed by atoms with van der Waals surface area (Å²) in [4.78, 5) is 26.7. The summed E-state index contributed by atoms with van der Waals surface area (Å²) in [5, 5.41) is 3.15. The maximum atomic E-state index is 13.6. The summed E-state index contributed by atoms with van der Waals surface area (Å²) < 4.78 is 55.6. The van der Waals surface area contributed by atoms with Crippen LogP contribution in [0.1, 0.15) is 41.6 Å². The Hall–Kier alpha value is -2.56. The minimum atomic E-state index is -4.11. The van der Waals surface area contributed by atoms with Gasteiger partial charge in [-0.3, -0.25) is 9.59 Å². The normalized spacial score (nSPS) is 20.5. The highest BCUT2D eigenvalue weighted by atomic mass is 35.5. The second-order valence-electron chi connectivity index (χ2n) is 8.84. The molecule has 4 rings (SSSR count). The molecule has 2 aliphatic heterocycles. The van der Waals surface area contributed by atoms with Crippen LogP contribution < -0.4 is 5.32 Å². The Bertz CT molecular complexity index is 1210. The third-order valence-corrected chi connectivity index (χ3v) is 8.36. The van der Waals surface area contributed by atoms with E-state index in [-0.39, 0.29) is 35.9 Å². The largest absolute Gasteiger partial charge is 0.355 e. The molecule has 2 fully saturated rings. The highest BCUT2D eigenvalue weighted by Gasteiger charge is 2.41. The molecule has 2 amide bonds. The summed E-state index contributed by atoms with van der Waals surface area (Å²) in [6.07, 6.45) is 1.36. The van der Waals surface area contributed by atoms with E-state index in [0.717, 1.165) is 15.6 Å². The molecule has 1 N–H and O–H groups in total. The number of sulfonamides is 1. The van der Waals surface area contributed by atoms with Gasteiger partial charge in [-0.1, -0.05) is 23.7 Å². The van der Waals surface area contributed by atoms with Crippen LogP contribution in [0.15, 0.2) is 53.4 Å². The van der Waals surface area contributed by atoms with Gasteiger partial charge in [-0.25, -0.2) is 17.2 Å². The van der Waals surface area contributed by atoms with Crippen molar-refractivity contribution >= 4 is 33.4 Å². The molecule has 0 aromatic heterocycles. The minimum absolute atomic E-state index is 0.00882. The third kappa shape index (κ3) is 5.82. The van der Waals surface area contributed by atoms with E-state index in [1.165, 1.54) is 36.4 Å². The lowest BCUT2D eigenvalue weighted by molar-refractivity contribution is -0.124. The van der Waals surface area contributed by atoms with E-state index in [4.69, 9.17) is 11.6 Å². The second kappa shape index (κ2) is 10.2. The van der Waals surface area contributed by atoms with Crippen molar-refractivity contribution in [3.8, 4) is 0 Å². The molecule has 2 aromatic rings. The molecule has 35 heavy (non-hydrogen) atoms. The maximum absolute atomic E-state index is 13.6. The number of benzene rings is 2. The van der Waals surface area contributed by atoms with Gasteiger partial charge in [0.2, 0.25) is 15.9 Å². The van der Waals surface area contributed by atoms with E-state index in [1.54, 1.807) is 12.1 Å². The van der Waals surface area contributed by atoms with Crippen LogP contribution in [0.2, 0.25) is 5.02 Å². The quantitative estimate of drug-likeness (QED) is 0.623. The molecular formula is C24H26ClF2N3O4S. The number of likely N-dealkylation sites (tertiary alicyclic amines) is 1. The lowest BCUT2D eigenvalue weighted by Crippen LogP contribution is -2.48. The van der Waals surface area contributed by atoms with Crippen molar-refractivity contribution < 1.29 is 26.8 Å². The zero-order valence-corrected chi connectivity index (χ0v) is 20.5. The fraction of sp³-hybridized carbons (Fsp3) is 0.417. The molecule has 1 unspecified atom stereocenters. The Balaban J connectivity index is 1.66. The summed E-state index contributed by atoms with van der Waals surface area (Å²) in [6, 6.07) is 11.0. The Morgan fingerprint density at radius 3 is 2.60 bits per heavy atom. The van der Waals surface area contributed by atoms with Gasteiger partial charge in [0.15, 0.2) is 0 Å². The molecule has 2 aromatic carbocycles. The van der Waals surface area contributed by atoms with Crippen molar-refractivity contribution in [2.75, 3.05) is 19.6 Å². The molecule has 0 radical (unpaired) electrons. The topological polar surface area (TPSA) is 86.8 Å². The summed E-state index contributed by atoms with van der Waals surface area (Å²) >= 11 is 5.93. The van der Waals surface area contributed by atoms with Crippen molar-refractivity contribution in [2.24, 2.45) is 0 Å². The number of carbonyl (C=O) groups is 2. The molecule has 1 atom stereocenters. The van der Waals surface area contributed by atoms with Crippen molar-refractivity contribution in [1.82, 2.24) is 14.5 Å². The van der Waals surface area contributed by atoms with Crippen LogP contribution in [0.25, 0.3) is 0 Å². The van der Waals surface area contributed by atoms with Crippen LogP contribution in [-0.4, -0.2) is 61.0 Å². The third-order valence-electron chi connectivity index (χ3n) is 6.24.